The van der Waals surface area contributed by atoms with Crippen molar-refractivity contribution in [1.82, 2.24) is 19.9 Å². The number of aryl methyl sites for hydroxylation is 3. The number of nitrogens with zero attached hydrogens (tertiary/aromatic N) is 4. The Morgan fingerprint density at radius 1 is 1.02 bits per heavy atom. The van der Waals surface area contributed by atoms with E-state index in [1.165, 1.54) is 29.5 Å². The van der Waals surface area contributed by atoms with Crippen molar-refractivity contribution in [3.05, 3.63) is 58.5 Å². The molecule has 12 heteroatoms. The fourth-order valence-electron chi connectivity index (χ4n) is 5.09. The van der Waals surface area contributed by atoms with Gasteiger partial charge < -0.3 is 26.0 Å². The van der Waals surface area contributed by atoms with E-state index < -0.39 is 35.8 Å². The minimum Gasteiger partial charge on any atom is -0.396 e. The van der Waals surface area contributed by atoms with Crippen LogP contribution in [0.2, 0.25) is 0 Å². The van der Waals surface area contributed by atoms with E-state index in [2.05, 4.69) is 27.5 Å². The summed E-state index contributed by atoms with van der Waals surface area (Å²) in [6.45, 7) is 5.42. The fraction of sp³-hybridized carbons (Fsp3) is 0.429. The Hall–Kier alpha value is -3.32. The van der Waals surface area contributed by atoms with Crippen molar-refractivity contribution >= 4 is 33.3 Å². The molecule has 0 saturated heterocycles. The maximum atomic E-state index is 14.2. The van der Waals surface area contributed by atoms with Gasteiger partial charge in [-0.15, -0.1) is 11.3 Å². The second-order valence-electron chi connectivity index (χ2n) is 9.95. The summed E-state index contributed by atoms with van der Waals surface area (Å²) < 4.78 is 29.4. The van der Waals surface area contributed by atoms with Gasteiger partial charge in [0.05, 0.1) is 33.8 Å². The van der Waals surface area contributed by atoms with E-state index in [4.69, 9.17) is 9.97 Å². The molecular weight excluding hydrogens is 538 g/mol. The van der Waals surface area contributed by atoms with Crippen molar-refractivity contribution in [2.75, 3.05) is 17.2 Å². The molecule has 0 spiro atoms. The summed E-state index contributed by atoms with van der Waals surface area (Å²) in [5.74, 6) is -1.38. The van der Waals surface area contributed by atoms with E-state index in [-0.39, 0.29) is 24.7 Å². The summed E-state index contributed by atoms with van der Waals surface area (Å²) in [4.78, 5) is 18.8. The van der Waals surface area contributed by atoms with Crippen LogP contribution >= 0.6 is 11.3 Å². The number of pyridine rings is 1. The van der Waals surface area contributed by atoms with Gasteiger partial charge in [0.15, 0.2) is 0 Å². The highest BCUT2D eigenvalue weighted by atomic mass is 32.1. The van der Waals surface area contributed by atoms with E-state index in [0.29, 0.717) is 28.5 Å². The topological polar surface area (TPSA) is 136 Å². The molecule has 1 aliphatic carbocycles. The number of fused-ring (bicyclic) bond motifs is 1. The zero-order valence-electron chi connectivity index (χ0n) is 22.4. The minimum absolute atomic E-state index is 0.128. The highest BCUT2D eigenvalue weighted by Crippen LogP contribution is 2.39. The zero-order valence-corrected chi connectivity index (χ0v) is 23.3. The molecule has 9 nitrogen and oxygen atoms in total. The fourth-order valence-corrected chi connectivity index (χ4v) is 6.23. The smallest absolute Gasteiger partial charge is 0.225 e. The van der Waals surface area contributed by atoms with Gasteiger partial charge in [-0.05, 0) is 44.4 Å². The van der Waals surface area contributed by atoms with E-state index in [9.17, 15) is 24.1 Å². The summed E-state index contributed by atoms with van der Waals surface area (Å²) >= 11 is 1.48. The van der Waals surface area contributed by atoms with Crippen molar-refractivity contribution in [3.63, 3.8) is 0 Å². The molecule has 3 heterocycles. The molecule has 0 amide bonds. The van der Waals surface area contributed by atoms with Crippen LogP contribution in [0.5, 0.6) is 0 Å². The third kappa shape index (κ3) is 5.36. The van der Waals surface area contributed by atoms with Crippen LogP contribution in [-0.4, -0.2) is 60.1 Å². The van der Waals surface area contributed by atoms with Crippen molar-refractivity contribution in [2.45, 2.75) is 64.8 Å². The monoisotopic (exact) mass is 570 g/mol. The molecule has 1 fully saturated rings. The molecule has 3 aromatic heterocycles. The second-order valence-corrected chi connectivity index (χ2v) is 11.0. The summed E-state index contributed by atoms with van der Waals surface area (Å²) in [7, 11) is 0. The van der Waals surface area contributed by atoms with Gasteiger partial charge in [0, 0.05) is 30.3 Å². The highest BCUT2D eigenvalue weighted by Gasteiger charge is 2.41. The summed E-state index contributed by atoms with van der Waals surface area (Å²) in [6.07, 6.45) is -0.403. The lowest BCUT2D eigenvalue weighted by molar-refractivity contribution is 0.00446. The molecule has 5 rings (SSSR count). The first kappa shape index (κ1) is 28.2. The molecule has 1 aromatic carbocycles. The predicted octanol–water partition coefficient (Wildman–Crippen LogP) is 3.99. The van der Waals surface area contributed by atoms with Gasteiger partial charge in [-0.2, -0.15) is 4.98 Å². The van der Waals surface area contributed by atoms with Crippen LogP contribution in [0.3, 0.4) is 0 Å². The van der Waals surface area contributed by atoms with Crippen LogP contribution in [0.15, 0.2) is 24.3 Å². The highest BCUT2D eigenvalue weighted by molar-refractivity contribution is 7.21. The first-order valence-electron chi connectivity index (χ1n) is 13.3. The zero-order chi connectivity index (χ0) is 28.6. The Kier molecular flexibility index (Phi) is 8.22. The lowest BCUT2D eigenvalue weighted by Gasteiger charge is -2.21. The number of benzene rings is 1. The number of hydrogen-bond donors (Lipinski definition) is 5. The summed E-state index contributed by atoms with van der Waals surface area (Å²) in [5, 5.41) is 37.5. The van der Waals surface area contributed by atoms with Crippen LogP contribution in [0, 0.1) is 24.5 Å². The Morgan fingerprint density at radius 2 is 1.77 bits per heavy atom. The number of halogens is 2. The number of thiazole rings is 1. The van der Waals surface area contributed by atoms with E-state index in [1.54, 1.807) is 6.92 Å². The average molecular weight is 571 g/mol. The molecule has 1 aliphatic rings. The SMILES string of the molecule is CCc1cc2sc(-c3c(C)nc(NCc4c(F)cccc4F)nc3N[C@@H]3C[C@H](CO)[C@@H](O)[C@H]3O)nc2c(CC)n1. The quantitative estimate of drug-likeness (QED) is 0.202. The third-order valence-corrected chi connectivity index (χ3v) is 8.37. The summed E-state index contributed by atoms with van der Waals surface area (Å²) in [5.41, 5.74) is 3.71. The molecule has 0 unspecified atom stereocenters. The Bertz CT molecular complexity index is 1510. The van der Waals surface area contributed by atoms with E-state index >= 15 is 0 Å². The molecule has 0 radical (unpaired) electrons. The van der Waals surface area contributed by atoms with Gasteiger partial charge in [0.25, 0.3) is 0 Å². The summed E-state index contributed by atoms with van der Waals surface area (Å²) in [6, 6.07) is 5.09. The van der Waals surface area contributed by atoms with Gasteiger partial charge in [0.2, 0.25) is 5.95 Å². The molecule has 4 aromatic rings. The molecule has 0 aliphatic heterocycles. The van der Waals surface area contributed by atoms with Crippen LogP contribution in [0.25, 0.3) is 20.8 Å². The Labute approximate surface area is 234 Å². The van der Waals surface area contributed by atoms with Crippen LogP contribution < -0.4 is 10.6 Å². The molecule has 4 atom stereocenters. The first-order chi connectivity index (χ1) is 19.2. The molecule has 212 valence electrons. The Balaban J connectivity index is 1.57. The lowest BCUT2D eigenvalue weighted by Crippen LogP contribution is -2.35. The molecular formula is C28H32F2N6O3S. The number of anilines is 2. The van der Waals surface area contributed by atoms with Crippen LogP contribution in [0.1, 0.15) is 42.9 Å². The molecule has 1 saturated carbocycles. The van der Waals surface area contributed by atoms with E-state index in [0.717, 1.165) is 34.4 Å². The number of aromatic nitrogens is 4. The number of nitrogens with one attached hydrogen (secondary N) is 2. The number of aliphatic hydroxyl groups is 3. The standard InChI is InChI=1S/C28H32F2N6O3S/c1-4-15-10-21-23(19(5-2)33-15)35-27(40-21)22-13(3)32-28(31-11-16-17(29)7-6-8-18(16)30)36-26(22)34-20-9-14(12-37)24(38)25(20)39/h6-8,10,14,20,24-25,37-39H,4-5,9,11-12H2,1-3H3,(H2,31,32,34,36)/t14-,20-,24-,25+/m1/s1. The van der Waals surface area contributed by atoms with Gasteiger partial charge in [-0.25, -0.2) is 18.7 Å². The number of hydrogen-bond acceptors (Lipinski definition) is 10. The van der Waals surface area contributed by atoms with Crippen molar-refractivity contribution in [1.29, 1.82) is 0 Å². The number of rotatable bonds is 9. The molecule has 40 heavy (non-hydrogen) atoms. The van der Waals surface area contributed by atoms with Gasteiger partial charge in [-0.3, -0.25) is 4.98 Å². The van der Waals surface area contributed by atoms with Gasteiger partial charge >= 0.3 is 0 Å². The first-order valence-corrected chi connectivity index (χ1v) is 14.1. The van der Waals surface area contributed by atoms with Crippen molar-refractivity contribution in [3.8, 4) is 10.6 Å². The third-order valence-electron chi connectivity index (χ3n) is 7.35. The van der Waals surface area contributed by atoms with E-state index in [1.807, 2.05) is 13.0 Å². The second kappa shape index (κ2) is 11.7. The number of aliphatic hydroxyl groups excluding tert-OH is 3. The van der Waals surface area contributed by atoms with Crippen LogP contribution in [0.4, 0.5) is 20.5 Å². The maximum Gasteiger partial charge on any atom is 0.225 e. The normalized spacial score (nSPS) is 20.8. The Morgan fingerprint density at radius 3 is 2.42 bits per heavy atom. The van der Waals surface area contributed by atoms with Crippen molar-refractivity contribution < 1.29 is 24.1 Å². The van der Waals surface area contributed by atoms with Crippen LogP contribution in [-0.2, 0) is 19.4 Å². The van der Waals surface area contributed by atoms with Gasteiger partial charge in [-0.1, -0.05) is 19.9 Å². The van der Waals surface area contributed by atoms with Gasteiger partial charge in [0.1, 0.15) is 34.1 Å². The van der Waals surface area contributed by atoms with Crippen molar-refractivity contribution in [2.24, 2.45) is 5.92 Å². The molecule has 5 N–H and O–H groups in total. The maximum absolute atomic E-state index is 14.2. The average Bonchev–Trinajstić information content (AvgIpc) is 3.48. The molecule has 0 bridgehead atoms. The minimum atomic E-state index is -1.14. The largest absolute Gasteiger partial charge is 0.396 e. The predicted molar refractivity (Wildman–Crippen MR) is 150 cm³/mol. The lowest BCUT2D eigenvalue weighted by atomic mass is 10.1.